The summed E-state index contributed by atoms with van der Waals surface area (Å²) in [6, 6.07) is 4.38. The highest BCUT2D eigenvalue weighted by Crippen LogP contribution is 2.30. The topological polar surface area (TPSA) is 61.9 Å². The van der Waals surface area contributed by atoms with E-state index in [0.29, 0.717) is 45.0 Å². The molecule has 0 unspecified atom stereocenters. The minimum atomic E-state index is -4.42. The van der Waals surface area contributed by atoms with Crippen molar-refractivity contribution < 1.29 is 27.5 Å². The fraction of sp³-hybridized carbons (Fsp3) is 0.556. The Bertz CT molecular complexity index is 690. The van der Waals surface area contributed by atoms with Crippen molar-refractivity contribution in [2.24, 2.45) is 0 Å². The minimum Gasteiger partial charge on any atom is -0.378 e. The first kappa shape index (κ1) is 19.6. The molecule has 1 N–H and O–H groups in total. The zero-order valence-electron chi connectivity index (χ0n) is 14.8. The number of carbonyl (C=O) groups is 2. The summed E-state index contributed by atoms with van der Waals surface area (Å²) in [6.45, 7) is 2.97. The number of alkyl halides is 3. The standard InChI is InChI=1S/C18H22F3N3O3/c19-18(20,21)14-3-1-2-13(10-14)12-24-5-4-22-17(26)15(24)11-16(25)23-6-8-27-9-7-23/h1-3,10,15H,4-9,11-12H2,(H,22,26)/t15-/m1/s1. The van der Waals surface area contributed by atoms with E-state index in [-0.39, 0.29) is 24.8 Å². The van der Waals surface area contributed by atoms with Gasteiger partial charge in [-0.25, -0.2) is 0 Å². The Labute approximate surface area is 155 Å². The Morgan fingerprint density at radius 2 is 1.96 bits per heavy atom. The highest BCUT2D eigenvalue weighted by Gasteiger charge is 2.34. The first-order valence-corrected chi connectivity index (χ1v) is 8.88. The number of carbonyl (C=O) groups excluding carboxylic acids is 2. The molecule has 0 spiro atoms. The van der Waals surface area contributed by atoms with Gasteiger partial charge in [0, 0.05) is 32.7 Å². The molecule has 0 aromatic heterocycles. The van der Waals surface area contributed by atoms with Crippen LogP contribution in [0.1, 0.15) is 17.5 Å². The summed E-state index contributed by atoms with van der Waals surface area (Å²) in [5.74, 6) is -0.413. The molecule has 2 aliphatic rings. The molecular formula is C18H22F3N3O3. The van der Waals surface area contributed by atoms with Crippen molar-refractivity contribution in [3.63, 3.8) is 0 Å². The van der Waals surface area contributed by atoms with Gasteiger partial charge in [-0.3, -0.25) is 14.5 Å². The summed E-state index contributed by atoms with van der Waals surface area (Å²) in [5.41, 5.74) is -0.259. The van der Waals surface area contributed by atoms with Gasteiger partial charge in [-0.15, -0.1) is 0 Å². The van der Waals surface area contributed by atoms with E-state index in [1.807, 2.05) is 0 Å². The maximum Gasteiger partial charge on any atom is 0.416 e. The van der Waals surface area contributed by atoms with E-state index in [2.05, 4.69) is 5.32 Å². The van der Waals surface area contributed by atoms with Crippen molar-refractivity contribution >= 4 is 11.8 Å². The van der Waals surface area contributed by atoms with E-state index < -0.39 is 17.8 Å². The quantitative estimate of drug-likeness (QED) is 0.848. The lowest BCUT2D eigenvalue weighted by Crippen LogP contribution is -2.56. The van der Waals surface area contributed by atoms with Gasteiger partial charge in [0.15, 0.2) is 0 Å². The summed E-state index contributed by atoms with van der Waals surface area (Å²) < 4.78 is 44.0. The molecule has 2 heterocycles. The van der Waals surface area contributed by atoms with Gasteiger partial charge >= 0.3 is 6.18 Å². The molecule has 0 aliphatic carbocycles. The Morgan fingerprint density at radius 1 is 1.22 bits per heavy atom. The fourth-order valence-corrected chi connectivity index (χ4v) is 3.36. The van der Waals surface area contributed by atoms with E-state index in [9.17, 15) is 22.8 Å². The number of nitrogens with zero attached hydrogens (tertiary/aromatic N) is 2. The number of hydrogen-bond donors (Lipinski definition) is 1. The number of hydrogen-bond acceptors (Lipinski definition) is 4. The van der Waals surface area contributed by atoms with Crippen LogP contribution < -0.4 is 5.32 Å². The molecule has 6 nitrogen and oxygen atoms in total. The SMILES string of the molecule is O=C1NCCN(Cc2cccc(C(F)(F)F)c2)[C@@H]1CC(=O)N1CCOCC1. The number of amides is 2. The minimum absolute atomic E-state index is 0.00476. The van der Waals surface area contributed by atoms with E-state index >= 15 is 0 Å². The van der Waals surface area contributed by atoms with E-state index in [1.54, 1.807) is 15.9 Å². The van der Waals surface area contributed by atoms with Crippen molar-refractivity contribution in [3.05, 3.63) is 35.4 Å². The second-order valence-corrected chi connectivity index (χ2v) is 6.67. The zero-order valence-corrected chi connectivity index (χ0v) is 14.8. The lowest BCUT2D eigenvalue weighted by molar-refractivity contribution is -0.141. The molecule has 2 fully saturated rings. The van der Waals surface area contributed by atoms with Gasteiger partial charge in [-0.05, 0) is 11.6 Å². The van der Waals surface area contributed by atoms with Gasteiger partial charge in [0.1, 0.15) is 0 Å². The van der Waals surface area contributed by atoms with Crippen LogP contribution in [0.5, 0.6) is 0 Å². The van der Waals surface area contributed by atoms with E-state index in [1.165, 1.54) is 6.07 Å². The van der Waals surface area contributed by atoms with Crippen LogP contribution in [0.15, 0.2) is 24.3 Å². The average molecular weight is 385 g/mol. The molecule has 2 saturated heterocycles. The Morgan fingerprint density at radius 3 is 2.67 bits per heavy atom. The van der Waals surface area contributed by atoms with Crippen LogP contribution in [0, 0.1) is 0 Å². The van der Waals surface area contributed by atoms with Crippen LogP contribution in [0.4, 0.5) is 13.2 Å². The molecule has 2 aliphatic heterocycles. The van der Waals surface area contributed by atoms with Crippen LogP contribution >= 0.6 is 0 Å². The number of benzene rings is 1. The Hall–Kier alpha value is -2.13. The van der Waals surface area contributed by atoms with Crippen LogP contribution in [0.25, 0.3) is 0 Å². The summed E-state index contributed by atoms with van der Waals surface area (Å²) in [7, 11) is 0. The van der Waals surface area contributed by atoms with Crippen LogP contribution in [-0.2, 0) is 27.0 Å². The van der Waals surface area contributed by atoms with Crippen LogP contribution in [-0.4, -0.2) is 67.0 Å². The van der Waals surface area contributed by atoms with Gasteiger partial charge in [0.25, 0.3) is 0 Å². The Kier molecular flexibility index (Phi) is 6.01. The van der Waals surface area contributed by atoms with Crippen LogP contribution in [0.2, 0.25) is 0 Å². The third kappa shape index (κ3) is 4.98. The third-order valence-electron chi connectivity index (χ3n) is 4.81. The van der Waals surface area contributed by atoms with Gasteiger partial charge < -0.3 is 15.0 Å². The molecule has 0 saturated carbocycles. The zero-order chi connectivity index (χ0) is 19.4. The van der Waals surface area contributed by atoms with E-state index in [0.717, 1.165) is 12.1 Å². The molecule has 1 aromatic carbocycles. The van der Waals surface area contributed by atoms with Crippen molar-refractivity contribution in [3.8, 4) is 0 Å². The number of ether oxygens (including phenoxy) is 1. The number of rotatable bonds is 4. The summed E-state index contributed by atoms with van der Waals surface area (Å²) in [5, 5.41) is 2.74. The highest BCUT2D eigenvalue weighted by molar-refractivity contribution is 5.88. The lowest BCUT2D eigenvalue weighted by Gasteiger charge is -2.36. The van der Waals surface area contributed by atoms with Crippen molar-refractivity contribution in [1.82, 2.24) is 15.1 Å². The molecule has 1 atom stereocenters. The molecule has 9 heteroatoms. The molecule has 27 heavy (non-hydrogen) atoms. The van der Waals surface area contributed by atoms with Gasteiger partial charge in [0.2, 0.25) is 11.8 Å². The number of halogens is 3. The van der Waals surface area contributed by atoms with Crippen molar-refractivity contribution in [2.75, 3.05) is 39.4 Å². The summed E-state index contributed by atoms with van der Waals surface area (Å²) >= 11 is 0. The normalized spacial score (nSPS) is 21.8. The molecule has 0 bridgehead atoms. The molecule has 148 valence electrons. The first-order valence-electron chi connectivity index (χ1n) is 8.88. The van der Waals surface area contributed by atoms with Crippen molar-refractivity contribution in [1.29, 1.82) is 0 Å². The monoisotopic (exact) mass is 385 g/mol. The summed E-state index contributed by atoms with van der Waals surface area (Å²) in [6.07, 6.45) is -4.41. The molecule has 0 radical (unpaired) electrons. The highest BCUT2D eigenvalue weighted by atomic mass is 19.4. The maximum absolute atomic E-state index is 12.9. The van der Waals surface area contributed by atoms with Gasteiger partial charge in [0.05, 0.1) is 31.2 Å². The smallest absolute Gasteiger partial charge is 0.378 e. The summed E-state index contributed by atoms with van der Waals surface area (Å²) in [4.78, 5) is 28.3. The van der Waals surface area contributed by atoms with Crippen molar-refractivity contribution in [2.45, 2.75) is 25.2 Å². The molecule has 3 rings (SSSR count). The molecular weight excluding hydrogens is 363 g/mol. The second-order valence-electron chi connectivity index (χ2n) is 6.67. The van der Waals surface area contributed by atoms with Gasteiger partial charge in [-0.1, -0.05) is 18.2 Å². The van der Waals surface area contributed by atoms with Crippen LogP contribution in [0.3, 0.4) is 0 Å². The molecule has 2 amide bonds. The molecule has 1 aromatic rings. The fourth-order valence-electron chi connectivity index (χ4n) is 3.36. The second kappa shape index (κ2) is 8.26. The van der Waals surface area contributed by atoms with E-state index in [4.69, 9.17) is 4.74 Å². The Balaban J connectivity index is 1.70. The maximum atomic E-state index is 12.9. The largest absolute Gasteiger partial charge is 0.416 e. The predicted molar refractivity (Wildman–Crippen MR) is 90.7 cm³/mol. The third-order valence-corrected chi connectivity index (χ3v) is 4.81. The number of nitrogens with one attached hydrogen (secondary N) is 1. The average Bonchev–Trinajstić information content (AvgIpc) is 2.65. The van der Waals surface area contributed by atoms with Gasteiger partial charge in [-0.2, -0.15) is 13.2 Å². The number of piperazine rings is 1. The number of morpholine rings is 1. The predicted octanol–water partition coefficient (Wildman–Crippen LogP) is 1.25. The first-order chi connectivity index (χ1) is 12.8. The lowest BCUT2D eigenvalue weighted by atomic mass is 10.0.